The van der Waals surface area contributed by atoms with Crippen molar-refractivity contribution in [3.63, 3.8) is 0 Å². The number of benzene rings is 3. The van der Waals surface area contributed by atoms with Crippen LogP contribution < -0.4 is 0 Å². The van der Waals surface area contributed by atoms with Crippen LogP contribution in [0.15, 0.2) is 60.7 Å². The van der Waals surface area contributed by atoms with Crippen LogP contribution >= 0.6 is 0 Å². The molecule has 0 spiro atoms. The zero-order valence-corrected chi connectivity index (χ0v) is 15.2. The third-order valence-corrected chi connectivity index (χ3v) is 3.52. The first-order chi connectivity index (χ1) is 11.5. The zero-order chi connectivity index (χ0) is 18.1. The summed E-state index contributed by atoms with van der Waals surface area (Å²) in [5.74, 6) is 1.22. The molecule has 2 heteroatoms. The molecule has 0 aliphatic rings. The van der Waals surface area contributed by atoms with Crippen LogP contribution in [-0.4, -0.2) is 10.2 Å². The lowest BCUT2D eigenvalue weighted by molar-refractivity contribution is 0.474. The van der Waals surface area contributed by atoms with Gasteiger partial charge in [-0.25, -0.2) is 0 Å². The number of phenols is 2. The van der Waals surface area contributed by atoms with Gasteiger partial charge in [-0.05, 0) is 59.0 Å². The Morgan fingerprint density at radius 1 is 0.708 bits per heavy atom. The van der Waals surface area contributed by atoms with Gasteiger partial charge in [0.2, 0.25) is 0 Å². The molecular formula is C22H28O2. The first-order valence-electron chi connectivity index (χ1n) is 8.44. The quantitative estimate of drug-likeness (QED) is 0.544. The Labute approximate surface area is 145 Å². The van der Waals surface area contributed by atoms with Crippen molar-refractivity contribution < 1.29 is 10.2 Å². The molecule has 0 bridgehead atoms. The summed E-state index contributed by atoms with van der Waals surface area (Å²) in [5, 5.41) is 20.4. The van der Waals surface area contributed by atoms with Crippen molar-refractivity contribution in [2.45, 2.75) is 40.5 Å². The van der Waals surface area contributed by atoms with E-state index in [4.69, 9.17) is 5.11 Å². The SMILES string of the molecule is CC.CC(C)c1ccc2cc(O)ccc2c1.Cc1cccc(O)c1. The van der Waals surface area contributed by atoms with E-state index in [1.807, 2.05) is 39.0 Å². The van der Waals surface area contributed by atoms with Crippen LogP contribution in [0.25, 0.3) is 10.8 Å². The molecule has 128 valence electrons. The lowest BCUT2D eigenvalue weighted by Crippen LogP contribution is -1.86. The molecule has 0 unspecified atom stereocenters. The van der Waals surface area contributed by atoms with E-state index in [9.17, 15) is 5.11 Å². The van der Waals surface area contributed by atoms with E-state index in [2.05, 4.69) is 32.0 Å². The van der Waals surface area contributed by atoms with Crippen molar-refractivity contribution in [3.8, 4) is 11.5 Å². The lowest BCUT2D eigenvalue weighted by atomic mass is 9.99. The molecule has 2 nitrogen and oxygen atoms in total. The number of fused-ring (bicyclic) bond motifs is 1. The Bertz CT molecular complexity index is 744. The maximum Gasteiger partial charge on any atom is 0.116 e. The summed E-state index contributed by atoms with van der Waals surface area (Å²) in [6.45, 7) is 10.3. The molecule has 0 aliphatic heterocycles. The maximum absolute atomic E-state index is 9.31. The minimum atomic E-state index is 0.329. The molecule has 0 amide bonds. The van der Waals surface area contributed by atoms with Crippen LogP contribution in [0.5, 0.6) is 11.5 Å². The van der Waals surface area contributed by atoms with E-state index in [1.54, 1.807) is 24.3 Å². The third-order valence-electron chi connectivity index (χ3n) is 3.52. The first-order valence-corrected chi connectivity index (χ1v) is 8.44. The summed E-state index contributed by atoms with van der Waals surface area (Å²) in [6.07, 6.45) is 0. The predicted octanol–water partition coefficient (Wildman–Crippen LogP) is 6.40. The Morgan fingerprint density at radius 2 is 1.29 bits per heavy atom. The summed E-state index contributed by atoms with van der Waals surface area (Å²) >= 11 is 0. The van der Waals surface area contributed by atoms with Gasteiger partial charge in [-0.15, -0.1) is 0 Å². The van der Waals surface area contributed by atoms with Crippen molar-refractivity contribution in [2.75, 3.05) is 0 Å². The normalized spacial score (nSPS) is 9.75. The van der Waals surface area contributed by atoms with Crippen LogP contribution in [0, 0.1) is 6.92 Å². The largest absolute Gasteiger partial charge is 0.508 e. The van der Waals surface area contributed by atoms with Gasteiger partial charge in [-0.3, -0.25) is 0 Å². The molecule has 0 aromatic heterocycles. The summed E-state index contributed by atoms with van der Waals surface area (Å²) in [4.78, 5) is 0. The third kappa shape index (κ3) is 5.96. The molecule has 0 fully saturated rings. The van der Waals surface area contributed by atoms with E-state index >= 15 is 0 Å². The minimum Gasteiger partial charge on any atom is -0.508 e. The summed E-state index contributed by atoms with van der Waals surface area (Å²) in [6, 6.07) is 19.0. The first kappa shape index (κ1) is 19.6. The minimum absolute atomic E-state index is 0.329. The van der Waals surface area contributed by atoms with Gasteiger partial charge in [0.15, 0.2) is 0 Å². The second-order valence-corrected chi connectivity index (χ2v) is 5.78. The second kappa shape index (κ2) is 9.61. The fourth-order valence-electron chi connectivity index (χ4n) is 2.24. The van der Waals surface area contributed by atoms with E-state index < -0.39 is 0 Å². The average Bonchev–Trinajstić information content (AvgIpc) is 2.56. The highest BCUT2D eigenvalue weighted by Crippen LogP contribution is 2.24. The molecule has 3 aromatic rings. The highest BCUT2D eigenvalue weighted by atomic mass is 16.3. The van der Waals surface area contributed by atoms with Gasteiger partial charge in [-0.1, -0.05) is 64.1 Å². The number of phenolic OH excluding ortho intramolecular Hbond substituents is 2. The molecule has 3 aromatic carbocycles. The van der Waals surface area contributed by atoms with Crippen molar-refractivity contribution in [2.24, 2.45) is 0 Å². The average molecular weight is 324 g/mol. The van der Waals surface area contributed by atoms with Crippen LogP contribution in [0.3, 0.4) is 0 Å². The van der Waals surface area contributed by atoms with E-state index in [-0.39, 0.29) is 0 Å². The molecular weight excluding hydrogens is 296 g/mol. The van der Waals surface area contributed by atoms with Crippen molar-refractivity contribution in [3.05, 3.63) is 71.8 Å². The lowest BCUT2D eigenvalue weighted by Gasteiger charge is -2.06. The van der Waals surface area contributed by atoms with Crippen LogP contribution in [0.1, 0.15) is 44.7 Å². The monoisotopic (exact) mass is 324 g/mol. The second-order valence-electron chi connectivity index (χ2n) is 5.78. The number of rotatable bonds is 1. The van der Waals surface area contributed by atoms with Gasteiger partial charge in [0.25, 0.3) is 0 Å². The molecule has 2 N–H and O–H groups in total. The van der Waals surface area contributed by atoms with Gasteiger partial charge >= 0.3 is 0 Å². The van der Waals surface area contributed by atoms with E-state index in [0.29, 0.717) is 17.4 Å². The van der Waals surface area contributed by atoms with Crippen LogP contribution in [0.4, 0.5) is 0 Å². The zero-order valence-electron chi connectivity index (χ0n) is 15.2. The van der Waals surface area contributed by atoms with Gasteiger partial charge in [0.1, 0.15) is 11.5 Å². The van der Waals surface area contributed by atoms with E-state index in [0.717, 1.165) is 10.9 Å². The predicted molar refractivity (Wildman–Crippen MR) is 104 cm³/mol. The number of aryl methyl sites for hydroxylation is 1. The number of hydrogen-bond donors (Lipinski definition) is 2. The molecule has 0 saturated carbocycles. The van der Waals surface area contributed by atoms with Crippen molar-refractivity contribution in [1.82, 2.24) is 0 Å². The Kier molecular flexibility index (Phi) is 7.84. The fraction of sp³-hybridized carbons (Fsp3) is 0.273. The van der Waals surface area contributed by atoms with Crippen LogP contribution in [0.2, 0.25) is 0 Å². The van der Waals surface area contributed by atoms with Crippen molar-refractivity contribution >= 4 is 10.8 Å². The van der Waals surface area contributed by atoms with Crippen molar-refractivity contribution in [1.29, 1.82) is 0 Å². The standard InChI is InChI=1S/C13H14O.C7H8O.C2H6/c1-9(2)10-3-4-12-8-13(14)6-5-11(12)7-10;1-6-3-2-4-7(8)5-6;1-2/h3-9,14H,1-2H3;2-5,8H,1H3;1-2H3. The van der Waals surface area contributed by atoms with Gasteiger partial charge in [0, 0.05) is 0 Å². The fourth-order valence-corrected chi connectivity index (χ4v) is 2.24. The smallest absolute Gasteiger partial charge is 0.116 e. The Morgan fingerprint density at radius 3 is 1.83 bits per heavy atom. The maximum atomic E-state index is 9.31. The Balaban J connectivity index is 0.000000245. The summed E-state index contributed by atoms with van der Waals surface area (Å²) in [5.41, 5.74) is 2.42. The number of aromatic hydroxyl groups is 2. The van der Waals surface area contributed by atoms with Crippen LogP contribution in [-0.2, 0) is 0 Å². The van der Waals surface area contributed by atoms with E-state index in [1.165, 1.54) is 10.9 Å². The highest BCUT2D eigenvalue weighted by molar-refractivity contribution is 5.84. The summed E-state index contributed by atoms with van der Waals surface area (Å²) < 4.78 is 0. The summed E-state index contributed by atoms with van der Waals surface area (Å²) in [7, 11) is 0. The molecule has 0 saturated heterocycles. The number of hydrogen-bond acceptors (Lipinski definition) is 2. The molecule has 24 heavy (non-hydrogen) atoms. The molecule has 3 rings (SSSR count). The van der Waals surface area contributed by atoms with Gasteiger partial charge in [-0.2, -0.15) is 0 Å². The molecule has 0 atom stereocenters. The topological polar surface area (TPSA) is 40.5 Å². The van der Waals surface area contributed by atoms with Gasteiger partial charge < -0.3 is 10.2 Å². The molecule has 0 heterocycles. The Hall–Kier alpha value is -2.48. The highest BCUT2D eigenvalue weighted by Gasteiger charge is 2.00. The van der Waals surface area contributed by atoms with Gasteiger partial charge in [0.05, 0.1) is 0 Å². The molecule has 0 radical (unpaired) electrons. The molecule has 0 aliphatic carbocycles.